The van der Waals surface area contributed by atoms with Crippen LogP contribution in [-0.4, -0.2) is 17.0 Å². The van der Waals surface area contributed by atoms with E-state index in [-0.39, 0.29) is 17.5 Å². The first kappa shape index (κ1) is 18.6. The average molecular weight is 347 g/mol. The largest absolute Gasteiger partial charge is 0.479 e. The summed E-state index contributed by atoms with van der Waals surface area (Å²) in [6.07, 6.45) is 0.146. The molecule has 0 spiro atoms. The zero-order chi connectivity index (χ0) is 18.6. The normalized spacial score (nSPS) is 13.1. The Hall–Kier alpha value is -2.76. The Morgan fingerprint density at radius 1 is 1.12 bits per heavy atom. The van der Waals surface area contributed by atoms with Crippen molar-refractivity contribution in [1.29, 1.82) is 0 Å². The number of hydrogen-bond acceptors (Lipinski definition) is 2. The van der Waals surface area contributed by atoms with Gasteiger partial charge in [-0.25, -0.2) is 13.6 Å². The fourth-order valence-electron chi connectivity index (χ4n) is 2.51. The van der Waals surface area contributed by atoms with Gasteiger partial charge in [-0.1, -0.05) is 37.3 Å². The van der Waals surface area contributed by atoms with E-state index in [1.165, 1.54) is 25.1 Å². The number of aryl methyl sites for hydroxylation is 1. The number of carbonyl (C=O) groups excluding carboxylic acids is 1. The lowest BCUT2D eigenvalue weighted by atomic mass is 9.98. The molecule has 0 radical (unpaired) electrons. The fourth-order valence-corrected chi connectivity index (χ4v) is 2.51. The van der Waals surface area contributed by atoms with Gasteiger partial charge in [-0.2, -0.15) is 0 Å². The zero-order valence-electron chi connectivity index (χ0n) is 13.9. The molecule has 0 fully saturated rings. The van der Waals surface area contributed by atoms with E-state index in [4.69, 9.17) is 0 Å². The number of aliphatic carboxylic acids is 1. The van der Waals surface area contributed by atoms with Gasteiger partial charge in [0, 0.05) is 5.92 Å². The van der Waals surface area contributed by atoms with E-state index in [0.29, 0.717) is 5.56 Å². The van der Waals surface area contributed by atoms with E-state index in [1.807, 2.05) is 0 Å². The predicted molar refractivity (Wildman–Crippen MR) is 88.9 cm³/mol. The second-order valence-electron chi connectivity index (χ2n) is 5.99. The summed E-state index contributed by atoms with van der Waals surface area (Å²) in [5.41, 5.74) is 0.949. The van der Waals surface area contributed by atoms with Crippen molar-refractivity contribution in [3.05, 3.63) is 70.8 Å². The van der Waals surface area contributed by atoms with Crippen molar-refractivity contribution in [2.75, 3.05) is 0 Å². The van der Waals surface area contributed by atoms with Crippen molar-refractivity contribution in [2.45, 2.75) is 26.3 Å². The maximum atomic E-state index is 13.7. The number of hydrogen-bond donors (Lipinski definition) is 2. The SMILES string of the molecule is Cc1cc(C(NC(=O)C(C)Cc2ccccc2F)C(=O)O)ccc1F. The smallest absolute Gasteiger partial charge is 0.330 e. The lowest BCUT2D eigenvalue weighted by Crippen LogP contribution is -2.37. The summed E-state index contributed by atoms with van der Waals surface area (Å²) in [5, 5.41) is 11.8. The quantitative estimate of drug-likeness (QED) is 0.842. The molecule has 0 aliphatic rings. The Labute approximate surface area is 144 Å². The number of carbonyl (C=O) groups is 2. The van der Waals surface area contributed by atoms with Crippen LogP contribution in [0.2, 0.25) is 0 Å². The number of carboxylic acid groups (broad SMARTS) is 1. The molecule has 2 aromatic carbocycles. The van der Waals surface area contributed by atoms with E-state index < -0.39 is 35.5 Å². The van der Waals surface area contributed by atoms with Crippen LogP contribution in [0.5, 0.6) is 0 Å². The Morgan fingerprint density at radius 3 is 2.40 bits per heavy atom. The minimum Gasteiger partial charge on any atom is -0.479 e. The van der Waals surface area contributed by atoms with E-state index in [0.717, 1.165) is 6.07 Å². The highest BCUT2D eigenvalue weighted by atomic mass is 19.1. The molecule has 132 valence electrons. The molecule has 0 bridgehead atoms. The predicted octanol–water partition coefficient (Wildman–Crippen LogP) is 3.39. The molecular formula is C19H19F2NO3. The van der Waals surface area contributed by atoms with E-state index in [2.05, 4.69) is 5.32 Å². The summed E-state index contributed by atoms with van der Waals surface area (Å²) in [6, 6.07) is 8.69. The molecule has 2 atom stereocenters. The summed E-state index contributed by atoms with van der Waals surface area (Å²) >= 11 is 0. The molecule has 0 aromatic heterocycles. The highest BCUT2D eigenvalue weighted by Crippen LogP contribution is 2.19. The lowest BCUT2D eigenvalue weighted by Gasteiger charge is -2.19. The molecule has 0 aliphatic carbocycles. The van der Waals surface area contributed by atoms with Crippen LogP contribution in [0.1, 0.15) is 29.7 Å². The van der Waals surface area contributed by atoms with Crippen LogP contribution in [0.3, 0.4) is 0 Å². The van der Waals surface area contributed by atoms with Crippen molar-refractivity contribution in [2.24, 2.45) is 5.92 Å². The van der Waals surface area contributed by atoms with Crippen LogP contribution in [0.4, 0.5) is 8.78 Å². The van der Waals surface area contributed by atoms with Crippen LogP contribution in [0, 0.1) is 24.5 Å². The molecule has 4 nitrogen and oxygen atoms in total. The van der Waals surface area contributed by atoms with Gasteiger partial charge in [-0.05, 0) is 42.2 Å². The van der Waals surface area contributed by atoms with Crippen molar-refractivity contribution in [3.8, 4) is 0 Å². The van der Waals surface area contributed by atoms with Crippen molar-refractivity contribution < 1.29 is 23.5 Å². The van der Waals surface area contributed by atoms with Gasteiger partial charge in [0.15, 0.2) is 6.04 Å². The maximum Gasteiger partial charge on any atom is 0.330 e. The third-order valence-corrected chi connectivity index (χ3v) is 3.98. The van der Waals surface area contributed by atoms with Gasteiger partial charge in [0.2, 0.25) is 5.91 Å². The second-order valence-corrected chi connectivity index (χ2v) is 5.99. The fraction of sp³-hybridized carbons (Fsp3) is 0.263. The maximum absolute atomic E-state index is 13.7. The number of benzene rings is 2. The molecule has 0 heterocycles. The van der Waals surface area contributed by atoms with Crippen molar-refractivity contribution >= 4 is 11.9 Å². The van der Waals surface area contributed by atoms with Gasteiger partial charge in [0.1, 0.15) is 11.6 Å². The number of carboxylic acids is 1. The Kier molecular flexibility index (Phi) is 5.85. The third kappa shape index (κ3) is 4.62. The summed E-state index contributed by atoms with van der Waals surface area (Å²) in [4.78, 5) is 23.8. The van der Waals surface area contributed by atoms with Crippen molar-refractivity contribution in [1.82, 2.24) is 5.32 Å². The Morgan fingerprint density at radius 2 is 1.80 bits per heavy atom. The highest BCUT2D eigenvalue weighted by Gasteiger charge is 2.25. The Bertz CT molecular complexity index is 792. The molecule has 2 unspecified atom stereocenters. The van der Waals surface area contributed by atoms with Gasteiger partial charge in [0.25, 0.3) is 0 Å². The van der Waals surface area contributed by atoms with Gasteiger partial charge >= 0.3 is 5.97 Å². The average Bonchev–Trinajstić information content (AvgIpc) is 2.56. The molecule has 6 heteroatoms. The minimum atomic E-state index is -1.30. The highest BCUT2D eigenvalue weighted by molar-refractivity contribution is 5.85. The molecule has 0 saturated carbocycles. The molecule has 0 saturated heterocycles. The third-order valence-electron chi connectivity index (χ3n) is 3.98. The van der Waals surface area contributed by atoms with Crippen LogP contribution in [0.15, 0.2) is 42.5 Å². The lowest BCUT2D eigenvalue weighted by molar-refractivity contribution is -0.142. The van der Waals surface area contributed by atoms with Gasteiger partial charge in [-0.3, -0.25) is 4.79 Å². The van der Waals surface area contributed by atoms with Gasteiger partial charge in [0.05, 0.1) is 0 Å². The first-order valence-corrected chi connectivity index (χ1v) is 7.82. The standard InChI is InChI=1S/C19H19F2NO3/c1-11-9-14(7-8-15(11)20)17(19(24)25)22-18(23)12(2)10-13-5-3-4-6-16(13)21/h3-9,12,17H,10H2,1-2H3,(H,22,23)(H,24,25). The van der Waals surface area contributed by atoms with Gasteiger partial charge < -0.3 is 10.4 Å². The number of rotatable bonds is 6. The molecule has 1 amide bonds. The van der Waals surface area contributed by atoms with E-state index in [1.54, 1.807) is 25.1 Å². The first-order valence-electron chi connectivity index (χ1n) is 7.82. The van der Waals surface area contributed by atoms with E-state index >= 15 is 0 Å². The zero-order valence-corrected chi connectivity index (χ0v) is 13.9. The van der Waals surface area contributed by atoms with E-state index in [9.17, 15) is 23.5 Å². The first-order chi connectivity index (χ1) is 11.8. The van der Waals surface area contributed by atoms with Crippen LogP contribution in [-0.2, 0) is 16.0 Å². The molecular weight excluding hydrogens is 328 g/mol. The van der Waals surface area contributed by atoms with Crippen LogP contribution >= 0.6 is 0 Å². The molecule has 2 rings (SSSR count). The summed E-state index contributed by atoms with van der Waals surface area (Å²) in [7, 11) is 0. The topological polar surface area (TPSA) is 66.4 Å². The summed E-state index contributed by atoms with van der Waals surface area (Å²) in [6.45, 7) is 3.11. The molecule has 0 aliphatic heterocycles. The number of halogens is 2. The van der Waals surface area contributed by atoms with Crippen LogP contribution < -0.4 is 5.32 Å². The summed E-state index contributed by atoms with van der Waals surface area (Å²) < 4.78 is 27.1. The van der Waals surface area contributed by atoms with Gasteiger partial charge in [-0.15, -0.1) is 0 Å². The summed E-state index contributed by atoms with van der Waals surface area (Å²) in [5.74, 6) is -3.26. The number of nitrogens with one attached hydrogen (secondary N) is 1. The molecule has 25 heavy (non-hydrogen) atoms. The second kappa shape index (κ2) is 7.88. The minimum absolute atomic E-state index is 0.146. The monoisotopic (exact) mass is 347 g/mol. The van der Waals surface area contributed by atoms with Crippen molar-refractivity contribution in [3.63, 3.8) is 0 Å². The van der Waals surface area contributed by atoms with Crippen LogP contribution in [0.25, 0.3) is 0 Å². The number of amides is 1. The molecule has 2 aromatic rings. The molecule has 2 N–H and O–H groups in total. The Balaban J connectivity index is 2.13.